The maximum Gasteiger partial charge on any atom is 0.347 e. The summed E-state index contributed by atoms with van der Waals surface area (Å²) in [4.78, 5) is 12.2. The molecular formula is C23H25FO4. The van der Waals surface area contributed by atoms with Gasteiger partial charge in [0.25, 0.3) is 0 Å². The lowest BCUT2D eigenvalue weighted by molar-refractivity contribution is -0.151. The average Bonchev–Trinajstić information content (AvgIpc) is 3.11. The predicted octanol–water partition coefficient (Wildman–Crippen LogP) is 6.13. The lowest BCUT2D eigenvalue weighted by atomic mass is 10.1. The first-order valence-electron chi connectivity index (χ1n) is 9.73. The highest BCUT2D eigenvalue weighted by atomic mass is 19.1. The molecule has 0 aliphatic heterocycles. The molecule has 1 atom stereocenters. The van der Waals surface area contributed by atoms with Gasteiger partial charge >= 0.3 is 5.97 Å². The van der Waals surface area contributed by atoms with Gasteiger partial charge in [-0.25, -0.2) is 9.18 Å². The van der Waals surface area contributed by atoms with E-state index in [4.69, 9.17) is 13.9 Å². The van der Waals surface area contributed by atoms with Crippen molar-refractivity contribution in [1.82, 2.24) is 0 Å². The fourth-order valence-corrected chi connectivity index (χ4v) is 3.06. The number of hydrogen-bond donors (Lipinski definition) is 0. The zero-order valence-corrected chi connectivity index (χ0v) is 16.2. The Morgan fingerprint density at radius 1 is 1.07 bits per heavy atom. The lowest BCUT2D eigenvalue weighted by Gasteiger charge is -2.17. The van der Waals surface area contributed by atoms with E-state index in [0.29, 0.717) is 35.5 Å². The van der Waals surface area contributed by atoms with E-state index in [2.05, 4.69) is 6.92 Å². The van der Waals surface area contributed by atoms with Gasteiger partial charge in [-0.05, 0) is 68.3 Å². The molecule has 0 saturated heterocycles. The summed E-state index contributed by atoms with van der Waals surface area (Å²) in [6.45, 7) is 4.23. The molecule has 0 aliphatic carbocycles. The van der Waals surface area contributed by atoms with Crippen LogP contribution < -0.4 is 4.74 Å². The molecule has 28 heavy (non-hydrogen) atoms. The molecule has 1 unspecified atom stereocenters. The maximum absolute atomic E-state index is 13.4. The highest BCUT2D eigenvalue weighted by Crippen LogP contribution is 2.29. The molecule has 1 aromatic heterocycles. The minimum absolute atomic E-state index is 0.295. The largest absolute Gasteiger partial charge is 0.479 e. The van der Waals surface area contributed by atoms with Crippen LogP contribution in [0, 0.1) is 5.82 Å². The van der Waals surface area contributed by atoms with Gasteiger partial charge in [-0.15, -0.1) is 0 Å². The molecule has 0 N–H and O–H groups in total. The number of rotatable bonds is 9. The van der Waals surface area contributed by atoms with Crippen LogP contribution in [-0.2, 0) is 9.53 Å². The molecule has 5 heteroatoms. The number of halogens is 1. The Kier molecular flexibility index (Phi) is 6.69. The molecule has 0 radical (unpaired) electrons. The quantitative estimate of drug-likeness (QED) is 0.329. The highest BCUT2D eigenvalue weighted by Gasteiger charge is 2.21. The van der Waals surface area contributed by atoms with Crippen LogP contribution in [0.1, 0.15) is 39.5 Å². The Morgan fingerprint density at radius 2 is 1.86 bits per heavy atom. The Bertz CT molecular complexity index is 914. The predicted molar refractivity (Wildman–Crippen MR) is 107 cm³/mol. The Morgan fingerprint density at radius 3 is 2.57 bits per heavy atom. The standard InChI is InChI=1S/C23H25FO4/c1-3-5-6-7-21(23(25)26-4-2)27-19-11-8-16(9-12-19)22-15-17-14-18(24)10-13-20(17)28-22/h8-15,21H,3-7H2,1-2H3. The van der Waals surface area contributed by atoms with Gasteiger partial charge in [0, 0.05) is 10.9 Å². The first-order chi connectivity index (χ1) is 13.6. The maximum atomic E-state index is 13.4. The van der Waals surface area contributed by atoms with Crippen molar-refractivity contribution in [3.8, 4) is 17.1 Å². The number of carbonyl (C=O) groups excluding carboxylic acids is 1. The Labute approximate surface area is 164 Å². The number of hydrogen-bond acceptors (Lipinski definition) is 4. The summed E-state index contributed by atoms with van der Waals surface area (Å²) in [5.74, 6) is 0.621. The minimum atomic E-state index is -0.605. The summed E-state index contributed by atoms with van der Waals surface area (Å²) in [6.07, 6.45) is 3.06. The second-order valence-electron chi connectivity index (χ2n) is 6.67. The van der Waals surface area contributed by atoms with Crippen molar-refractivity contribution in [3.05, 3.63) is 54.3 Å². The fourth-order valence-electron chi connectivity index (χ4n) is 3.06. The molecule has 0 spiro atoms. The number of fused-ring (bicyclic) bond motifs is 1. The van der Waals surface area contributed by atoms with Crippen molar-refractivity contribution in [2.45, 2.75) is 45.6 Å². The number of benzene rings is 2. The summed E-state index contributed by atoms with van der Waals surface area (Å²) in [5, 5.41) is 0.716. The number of unbranched alkanes of at least 4 members (excludes halogenated alkanes) is 2. The smallest absolute Gasteiger partial charge is 0.347 e. The van der Waals surface area contributed by atoms with Gasteiger partial charge in [-0.1, -0.05) is 19.8 Å². The van der Waals surface area contributed by atoms with E-state index < -0.39 is 6.10 Å². The van der Waals surface area contributed by atoms with Crippen molar-refractivity contribution >= 4 is 16.9 Å². The fraction of sp³-hybridized carbons (Fsp3) is 0.348. The van der Waals surface area contributed by atoms with Crippen LogP contribution >= 0.6 is 0 Å². The third-order valence-electron chi connectivity index (χ3n) is 4.51. The third-order valence-corrected chi connectivity index (χ3v) is 4.51. The van der Waals surface area contributed by atoms with Crippen LogP contribution in [0.5, 0.6) is 5.75 Å². The molecule has 2 aromatic carbocycles. The van der Waals surface area contributed by atoms with Gasteiger partial charge in [0.1, 0.15) is 22.9 Å². The number of carbonyl (C=O) groups is 1. The molecule has 0 saturated carbocycles. The normalized spacial score (nSPS) is 12.1. The number of ether oxygens (including phenoxy) is 2. The first kappa shape index (κ1) is 19.9. The minimum Gasteiger partial charge on any atom is -0.479 e. The number of esters is 1. The summed E-state index contributed by atoms with van der Waals surface area (Å²) in [5.41, 5.74) is 1.48. The van der Waals surface area contributed by atoms with Crippen LogP contribution in [0.15, 0.2) is 52.9 Å². The molecule has 0 amide bonds. The molecule has 1 heterocycles. The zero-order chi connectivity index (χ0) is 19.9. The van der Waals surface area contributed by atoms with E-state index in [0.717, 1.165) is 24.8 Å². The molecule has 3 aromatic rings. The molecule has 148 valence electrons. The third kappa shape index (κ3) is 4.91. The molecule has 0 bridgehead atoms. The zero-order valence-electron chi connectivity index (χ0n) is 16.2. The van der Waals surface area contributed by atoms with E-state index in [9.17, 15) is 9.18 Å². The van der Waals surface area contributed by atoms with E-state index >= 15 is 0 Å². The summed E-state index contributed by atoms with van der Waals surface area (Å²) in [6, 6.07) is 13.6. The molecule has 0 aliphatic rings. The van der Waals surface area contributed by atoms with Crippen LogP contribution in [0.3, 0.4) is 0 Å². The van der Waals surface area contributed by atoms with Crippen LogP contribution in [0.4, 0.5) is 4.39 Å². The van der Waals surface area contributed by atoms with Gasteiger partial charge < -0.3 is 13.9 Å². The second kappa shape index (κ2) is 9.40. The van der Waals surface area contributed by atoms with Gasteiger partial charge in [-0.3, -0.25) is 0 Å². The SMILES string of the molecule is CCCCCC(Oc1ccc(-c2cc3cc(F)ccc3o2)cc1)C(=O)OCC. The molecular weight excluding hydrogens is 359 g/mol. The van der Waals surface area contributed by atoms with Crippen molar-refractivity contribution in [2.24, 2.45) is 0 Å². The number of furan rings is 1. The van der Waals surface area contributed by atoms with Crippen LogP contribution in [-0.4, -0.2) is 18.7 Å². The van der Waals surface area contributed by atoms with E-state index in [1.54, 1.807) is 31.2 Å². The van der Waals surface area contributed by atoms with Gasteiger partial charge in [0.15, 0.2) is 6.10 Å². The molecule has 3 rings (SSSR count). The molecule has 0 fully saturated rings. The van der Waals surface area contributed by atoms with Gasteiger partial charge in [0.05, 0.1) is 6.61 Å². The summed E-state index contributed by atoms with van der Waals surface area (Å²) < 4.78 is 30.2. The Hall–Kier alpha value is -2.82. The Balaban J connectivity index is 1.73. The lowest BCUT2D eigenvalue weighted by Crippen LogP contribution is -2.29. The van der Waals surface area contributed by atoms with Crippen molar-refractivity contribution in [2.75, 3.05) is 6.61 Å². The first-order valence-corrected chi connectivity index (χ1v) is 9.73. The van der Waals surface area contributed by atoms with Crippen molar-refractivity contribution in [3.63, 3.8) is 0 Å². The molecule has 4 nitrogen and oxygen atoms in total. The average molecular weight is 384 g/mol. The monoisotopic (exact) mass is 384 g/mol. The van der Waals surface area contributed by atoms with Crippen molar-refractivity contribution < 1.29 is 23.1 Å². The summed E-state index contributed by atoms with van der Waals surface area (Å²) >= 11 is 0. The van der Waals surface area contributed by atoms with E-state index in [1.807, 2.05) is 12.1 Å². The topological polar surface area (TPSA) is 48.7 Å². The van der Waals surface area contributed by atoms with E-state index in [1.165, 1.54) is 12.1 Å². The summed E-state index contributed by atoms with van der Waals surface area (Å²) in [7, 11) is 0. The second-order valence-corrected chi connectivity index (χ2v) is 6.67. The van der Waals surface area contributed by atoms with E-state index in [-0.39, 0.29) is 11.8 Å². The van der Waals surface area contributed by atoms with Gasteiger partial charge in [0.2, 0.25) is 0 Å². The van der Waals surface area contributed by atoms with Crippen LogP contribution in [0.2, 0.25) is 0 Å². The van der Waals surface area contributed by atoms with Crippen LogP contribution in [0.25, 0.3) is 22.3 Å². The van der Waals surface area contributed by atoms with Gasteiger partial charge in [-0.2, -0.15) is 0 Å². The van der Waals surface area contributed by atoms with Crippen molar-refractivity contribution in [1.29, 1.82) is 0 Å². The highest BCUT2D eigenvalue weighted by molar-refractivity contribution is 5.83.